The van der Waals surface area contributed by atoms with Crippen LogP contribution >= 0.6 is 0 Å². The molecule has 1 aromatic carbocycles. The van der Waals surface area contributed by atoms with Gasteiger partial charge in [-0.15, -0.1) is 0 Å². The van der Waals surface area contributed by atoms with Crippen LogP contribution in [0.3, 0.4) is 0 Å². The van der Waals surface area contributed by atoms with Gasteiger partial charge in [0.2, 0.25) is 0 Å². The average Bonchev–Trinajstić information content (AvgIpc) is 3.04. The molecule has 164 valence electrons. The van der Waals surface area contributed by atoms with Crippen LogP contribution in [-0.4, -0.2) is 29.3 Å². The maximum atomic E-state index is 12.7. The number of ketones is 2. The molecule has 4 unspecified atom stereocenters. The summed E-state index contributed by atoms with van der Waals surface area (Å²) in [6.07, 6.45) is 7.51. The molecule has 4 nitrogen and oxygen atoms in total. The van der Waals surface area contributed by atoms with E-state index in [-0.39, 0.29) is 17.5 Å². The van der Waals surface area contributed by atoms with Gasteiger partial charge in [0.25, 0.3) is 0 Å². The van der Waals surface area contributed by atoms with Crippen LogP contribution in [0.5, 0.6) is 0 Å². The lowest BCUT2D eigenvalue weighted by Gasteiger charge is -2.54. The zero-order valence-electron chi connectivity index (χ0n) is 18.8. The Kier molecular flexibility index (Phi) is 4.78. The van der Waals surface area contributed by atoms with E-state index < -0.39 is 11.0 Å². The van der Waals surface area contributed by atoms with Gasteiger partial charge in [-0.1, -0.05) is 24.6 Å². The largest absolute Gasteiger partial charge is 0.388 e. The van der Waals surface area contributed by atoms with Gasteiger partial charge >= 0.3 is 0 Å². The predicted molar refractivity (Wildman–Crippen MR) is 122 cm³/mol. The maximum absolute atomic E-state index is 12.7. The normalized spacial score (nSPS) is 37.0. The number of allylic oxidation sites excluding steroid dienone is 4. The topological polar surface area (TPSA) is 66.4 Å². The molecule has 2 N–H and O–H groups in total. The smallest absolute Gasteiger partial charge is 0.161 e. The SMILES string of the molecule is CNc1ccc(C2CC3(C)C(CC[C@]3(O)C(C)=O)C3CCC4=CC(=O)CCC4=C23)cc1. The van der Waals surface area contributed by atoms with E-state index in [1.807, 2.05) is 13.1 Å². The Morgan fingerprint density at radius 1 is 1.13 bits per heavy atom. The molecule has 0 radical (unpaired) electrons. The third-order valence-corrected chi connectivity index (χ3v) is 9.07. The molecule has 0 spiro atoms. The lowest BCUT2D eigenvalue weighted by atomic mass is 9.51. The summed E-state index contributed by atoms with van der Waals surface area (Å²) in [7, 11) is 1.92. The Labute approximate surface area is 184 Å². The second kappa shape index (κ2) is 7.16. The van der Waals surface area contributed by atoms with Crippen molar-refractivity contribution in [2.75, 3.05) is 12.4 Å². The second-order valence-corrected chi connectivity index (χ2v) is 10.3. The number of fused-ring (bicyclic) bond motifs is 4. The summed E-state index contributed by atoms with van der Waals surface area (Å²) >= 11 is 0. The van der Waals surface area contributed by atoms with Crippen LogP contribution in [0.4, 0.5) is 5.69 Å². The van der Waals surface area contributed by atoms with Gasteiger partial charge in [0, 0.05) is 30.5 Å². The van der Waals surface area contributed by atoms with E-state index >= 15 is 0 Å². The van der Waals surface area contributed by atoms with E-state index in [4.69, 9.17) is 0 Å². The predicted octanol–water partition coefficient (Wildman–Crippen LogP) is 4.95. The highest BCUT2D eigenvalue weighted by molar-refractivity contribution is 5.93. The molecule has 0 saturated heterocycles. The van der Waals surface area contributed by atoms with Crippen LogP contribution in [-0.2, 0) is 9.59 Å². The third-order valence-electron chi connectivity index (χ3n) is 9.07. The molecule has 2 fully saturated rings. The molecule has 0 amide bonds. The van der Waals surface area contributed by atoms with Gasteiger partial charge in [0.15, 0.2) is 11.6 Å². The van der Waals surface area contributed by atoms with Crippen LogP contribution < -0.4 is 5.32 Å². The first-order valence-electron chi connectivity index (χ1n) is 11.8. The van der Waals surface area contributed by atoms with Gasteiger partial charge in [-0.25, -0.2) is 0 Å². The highest BCUT2D eigenvalue weighted by atomic mass is 16.3. The summed E-state index contributed by atoms with van der Waals surface area (Å²) in [6, 6.07) is 8.61. The number of nitrogens with one attached hydrogen (secondary N) is 1. The van der Waals surface area contributed by atoms with E-state index in [1.165, 1.54) is 22.3 Å². The van der Waals surface area contributed by atoms with Crippen molar-refractivity contribution in [3.05, 3.63) is 52.6 Å². The summed E-state index contributed by atoms with van der Waals surface area (Å²) in [5.41, 5.74) is 4.80. The number of hydrogen-bond acceptors (Lipinski definition) is 4. The monoisotopic (exact) mass is 419 g/mol. The van der Waals surface area contributed by atoms with Crippen LogP contribution in [0.15, 0.2) is 47.1 Å². The number of carbonyl (C=O) groups is 2. The Hall–Kier alpha value is -2.20. The molecule has 0 heterocycles. The molecule has 0 aromatic heterocycles. The molecule has 5 atom stereocenters. The summed E-state index contributed by atoms with van der Waals surface area (Å²) in [4.78, 5) is 24.8. The van der Waals surface area contributed by atoms with Crippen LogP contribution in [0, 0.1) is 17.3 Å². The van der Waals surface area contributed by atoms with E-state index in [9.17, 15) is 14.7 Å². The zero-order valence-corrected chi connectivity index (χ0v) is 18.8. The fourth-order valence-electron chi connectivity index (χ4n) is 7.42. The first-order valence-corrected chi connectivity index (χ1v) is 11.8. The number of Topliss-reactive ketones (excluding diaryl/α,β-unsaturated/α-hetero) is 1. The minimum Gasteiger partial charge on any atom is -0.388 e. The van der Waals surface area contributed by atoms with E-state index in [2.05, 4.69) is 36.5 Å². The van der Waals surface area contributed by atoms with Gasteiger partial charge in [-0.3, -0.25) is 9.59 Å². The molecule has 0 bridgehead atoms. The van der Waals surface area contributed by atoms with Crippen molar-refractivity contribution in [3.8, 4) is 0 Å². The molecule has 2 saturated carbocycles. The van der Waals surface area contributed by atoms with Crippen molar-refractivity contribution in [3.63, 3.8) is 0 Å². The molecule has 31 heavy (non-hydrogen) atoms. The average molecular weight is 420 g/mol. The van der Waals surface area contributed by atoms with E-state index in [0.29, 0.717) is 24.7 Å². The Bertz CT molecular complexity index is 1000. The fraction of sp³-hybridized carbons (Fsp3) is 0.556. The van der Waals surface area contributed by atoms with E-state index in [1.54, 1.807) is 6.92 Å². The van der Waals surface area contributed by atoms with Crippen molar-refractivity contribution in [1.29, 1.82) is 0 Å². The van der Waals surface area contributed by atoms with Crippen molar-refractivity contribution in [1.82, 2.24) is 0 Å². The standard InChI is InChI=1S/C27H33NO3/c1-16(29)27(31)13-12-24-22-10-6-18-14-20(30)9-11-21(18)25(22)23(15-26(24,27)2)17-4-7-19(28-3)8-5-17/h4-5,7-8,14,22-24,28,31H,6,9-13,15H2,1-3H3/t22?,23?,24?,26?,27-/m0/s1. The molecular formula is C27H33NO3. The van der Waals surface area contributed by atoms with Gasteiger partial charge in [-0.2, -0.15) is 0 Å². The van der Waals surface area contributed by atoms with Gasteiger partial charge < -0.3 is 10.4 Å². The number of benzene rings is 1. The van der Waals surface area contributed by atoms with Crippen molar-refractivity contribution in [2.24, 2.45) is 17.3 Å². The van der Waals surface area contributed by atoms with Gasteiger partial charge in [0.05, 0.1) is 0 Å². The molecular weight excluding hydrogens is 386 g/mol. The molecule has 0 aliphatic heterocycles. The quantitative estimate of drug-likeness (QED) is 0.728. The highest BCUT2D eigenvalue weighted by Gasteiger charge is 2.64. The van der Waals surface area contributed by atoms with Crippen molar-refractivity contribution >= 4 is 17.3 Å². The Morgan fingerprint density at radius 2 is 1.87 bits per heavy atom. The fourth-order valence-corrected chi connectivity index (χ4v) is 7.42. The minimum absolute atomic E-state index is 0.0856. The third kappa shape index (κ3) is 2.91. The first-order chi connectivity index (χ1) is 14.8. The first kappa shape index (κ1) is 20.7. The Balaban J connectivity index is 1.68. The minimum atomic E-state index is -1.24. The van der Waals surface area contributed by atoms with Gasteiger partial charge in [-0.05, 0) is 92.2 Å². The Morgan fingerprint density at radius 3 is 2.55 bits per heavy atom. The highest BCUT2D eigenvalue weighted by Crippen LogP contribution is 2.66. The van der Waals surface area contributed by atoms with Crippen LogP contribution in [0.25, 0.3) is 0 Å². The van der Waals surface area contributed by atoms with Gasteiger partial charge in [0.1, 0.15) is 5.60 Å². The zero-order chi connectivity index (χ0) is 22.0. The molecule has 4 aliphatic rings. The number of rotatable bonds is 3. The molecule has 1 aromatic rings. The van der Waals surface area contributed by atoms with Crippen molar-refractivity contribution < 1.29 is 14.7 Å². The van der Waals surface area contributed by atoms with Crippen molar-refractivity contribution in [2.45, 2.75) is 70.3 Å². The lowest BCUT2D eigenvalue weighted by molar-refractivity contribution is -0.152. The van der Waals surface area contributed by atoms with Crippen LogP contribution in [0.2, 0.25) is 0 Å². The number of anilines is 1. The number of carbonyl (C=O) groups excluding carboxylic acids is 2. The summed E-state index contributed by atoms with van der Waals surface area (Å²) in [5.74, 6) is 1.03. The summed E-state index contributed by atoms with van der Waals surface area (Å²) < 4.78 is 0. The molecule has 4 heteroatoms. The molecule has 4 aliphatic carbocycles. The van der Waals surface area contributed by atoms with Crippen LogP contribution in [0.1, 0.15) is 70.3 Å². The maximum Gasteiger partial charge on any atom is 0.161 e. The van der Waals surface area contributed by atoms with E-state index in [0.717, 1.165) is 37.8 Å². The summed E-state index contributed by atoms with van der Waals surface area (Å²) in [6.45, 7) is 3.73. The molecule has 5 rings (SSSR count). The second-order valence-electron chi connectivity index (χ2n) is 10.3. The number of aliphatic hydroxyl groups is 1. The lowest BCUT2D eigenvalue weighted by Crippen LogP contribution is -2.55. The summed E-state index contributed by atoms with van der Waals surface area (Å²) in [5, 5.41) is 14.8. The number of hydrogen-bond donors (Lipinski definition) is 2.